The van der Waals surface area contributed by atoms with Crippen molar-refractivity contribution in [3.05, 3.63) is 29.3 Å². The summed E-state index contributed by atoms with van der Waals surface area (Å²) < 4.78 is 42.8. The van der Waals surface area contributed by atoms with Crippen molar-refractivity contribution >= 4 is 17.3 Å². The maximum atomic E-state index is 12.7. The normalized spacial score (nSPS) is 16.7. The average Bonchev–Trinajstić information content (AvgIpc) is 2.45. The molecule has 1 aromatic carbocycles. The number of hydrogen-bond acceptors (Lipinski definition) is 4. The van der Waals surface area contributed by atoms with E-state index in [9.17, 15) is 27.6 Å². The molecule has 1 aliphatic rings. The summed E-state index contributed by atoms with van der Waals surface area (Å²) in [5.41, 5.74) is -1.16. The zero-order chi connectivity index (χ0) is 16.5. The molecule has 2 rings (SSSR count). The Hall–Kier alpha value is -2.18. The van der Waals surface area contributed by atoms with E-state index in [0.29, 0.717) is 12.5 Å². The van der Waals surface area contributed by atoms with Crippen LogP contribution in [0.4, 0.5) is 13.2 Å². The Bertz CT molecular complexity index is 618. The lowest BCUT2D eigenvalue weighted by Crippen LogP contribution is -2.35. The van der Waals surface area contributed by atoms with E-state index < -0.39 is 35.0 Å². The molecule has 1 fully saturated rings. The number of Topliss-reactive ketones (excluding diaryl/α,β-unsaturated/α-hetero) is 3. The molecule has 1 aliphatic carbocycles. The number of carbonyl (C=O) groups is 3. The second kappa shape index (κ2) is 5.90. The molecule has 0 aromatic heterocycles. The molecule has 0 spiro atoms. The van der Waals surface area contributed by atoms with Crippen LogP contribution >= 0.6 is 0 Å². The molecule has 7 heteroatoms. The molecule has 1 aromatic rings. The molecule has 0 radical (unpaired) electrons. The topological polar surface area (TPSA) is 60.4 Å². The highest BCUT2D eigenvalue weighted by atomic mass is 19.4. The third-order valence-corrected chi connectivity index (χ3v) is 3.55. The van der Waals surface area contributed by atoms with Gasteiger partial charge in [-0.15, -0.1) is 0 Å². The SMILES string of the molecule is COc1cc(C(F)(F)F)ccc1C(=O)C1C(=O)CCCC1=O. The predicted octanol–water partition coefficient (Wildman–Crippen LogP) is 2.84. The lowest BCUT2D eigenvalue weighted by molar-refractivity contribution is -0.138. The van der Waals surface area contributed by atoms with Gasteiger partial charge in [0.1, 0.15) is 11.7 Å². The summed E-state index contributed by atoms with van der Waals surface area (Å²) in [5, 5.41) is 0. The molecular weight excluding hydrogens is 301 g/mol. The Morgan fingerprint density at radius 2 is 1.77 bits per heavy atom. The van der Waals surface area contributed by atoms with Gasteiger partial charge in [-0.25, -0.2) is 0 Å². The zero-order valence-electron chi connectivity index (χ0n) is 11.7. The third kappa shape index (κ3) is 3.03. The molecular formula is C15H13F3O4. The molecule has 1 saturated carbocycles. The van der Waals surface area contributed by atoms with Crippen molar-refractivity contribution in [2.75, 3.05) is 7.11 Å². The van der Waals surface area contributed by atoms with E-state index in [1.807, 2.05) is 0 Å². The van der Waals surface area contributed by atoms with Crippen molar-refractivity contribution in [2.45, 2.75) is 25.4 Å². The molecule has 0 unspecified atom stereocenters. The Morgan fingerprint density at radius 3 is 2.27 bits per heavy atom. The summed E-state index contributed by atoms with van der Waals surface area (Å²) >= 11 is 0. The fourth-order valence-electron chi connectivity index (χ4n) is 2.42. The van der Waals surface area contributed by atoms with E-state index in [-0.39, 0.29) is 24.2 Å². The van der Waals surface area contributed by atoms with E-state index >= 15 is 0 Å². The molecule has 0 aliphatic heterocycles. The highest BCUT2D eigenvalue weighted by molar-refractivity contribution is 6.25. The number of methoxy groups -OCH3 is 1. The van der Waals surface area contributed by atoms with Gasteiger partial charge >= 0.3 is 6.18 Å². The molecule has 0 saturated heterocycles. The molecule has 0 heterocycles. The first-order valence-corrected chi connectivity index (χ1v) is 6.60. The summed E-state index contributed by atoms with van der Waals surface area (Å²) in [5.74, 6) is -3.53. The van der Waals surface area contributed by atoms with E-state index in [1.54, 1.807) is 0 Å². The molecule has 0 atom stereocenters. The monoisotopic (exact) mass is 314 g/mol. The largest absolute Gasteiger partial charge is 0.496 e. The van der Waals surface area contributed by atoms with Crippen molar-refractivity contribution < 1.29 is 32.3 Å². The highest BCUT2D eigenvalue weighted by Crippen LogP contribution is 2.34. The molecule has 4 nitrogen and oxygen atoms in total. The number of benzene rings is 1. The first-order chi connectivity index (χ1) is 10.3. The van der Waals surface area contributed by atoms with Gasteiger partial charge in [-0.3, -0.25) is 14.4 Å². The minimum Gasteiger partial charge on any atom is -0.496 e. The number of alkyl halides is 3. The first kappa shape index (κ1) is 16.2. The quantitative estimate of drug-likeness (QED) is 0.636. The molecule has 0 bridgehead atoms. The average molecular weight is 314 g/mol. The predicted molar refractivity (Wildman–Crippen MR) is 69.7 cm³/mol. The van der Waals surface area contributed by atoms with Gasteiger partial charge in [-0.1, -0.05) is 0 Å². The fourth-order valence-corrected chi connectivity index (χ4v) is 2.42. The van der Waals surface area contributed by atoms with E-state index in [1.165, 1.54) is 0 Å². The number of ketones is 3. The van der Waals surface area contributed by atoms with Crippen molar-refractivity contribution in [2.24, 2.45) is 5.92 Å². The molecule has 118 valence electrons. The van der Waals surface area contributed by atoms with Crippen LogP contribution in [0.5, 0.6) is 5.75 Å². The van der Waals surface area contributed by atoms with Crippen molar-refractivity contribution in [1.82, 2.24) is 0 Å². The van der Waals surface area contributed by atoms with Gasteiger partial charge in [-0.2, -0.15) is 13.2 Å². The standard InChI is InChI=1S/C15H13F3O4/c1-22-12-7-8(15(16,17)18)5-6-9(12)14(21)13-10(19)3-2-4-11(13)20/h5-7,13H,2-4H2,1H3. The molecule has 22 heavy (non-hydrogen) atoms. The van der Waals surface area contributed by atoms with Crippen LogP contribution in [0.1, 0.15) is 35.2 Å². The van der Waals surface area contributed by atoms with Gasteiger partial charge < -0.3 is 4.74 Å². The van der Waals surface area contributed by atoms with E-state index in [0.717, 1.165) is 19.2 Å². The van der Waals surface area contributed by atoms with Crippen LogP contribution in [0.3, 0.4) is 0 Å². The molecule has 0 N–H and O–H groups in total. The second-order valence-corrected chi connectivity index (χ2v) is 5.00. The summed E-state index contributed by atoms with van der Waals surface area (Å²) in [7, 11) is 1.12. The summed E-state index contributed by atoms with van der Waals surface area (Å²) in [6.45, 7) is 0. The van der Waals surface area contributed by atoms with E-state index in [2.05, 4.69) is 0 Å². The smallest absolute Gasteiger partial charge is 0.416 e. The Kier molecular flexibility index (Phi) is 4.35. The van der Waals surface area contributed by atoms with Crippen LogP contribution in [0.2, 0.25) is 0 Å². The van der Waals surface area contributed by atoms with Crippen molar-refractivity contribution in [1.29, 1.82) is 0 Å². The Balaban J connectivity index is 2.41. The van der Waals surface area contributed by atoms with Gasteiger partial charge in [0.25, 0.3) is 0 Å². The number of rotatable bonds is 3. The highest BCUT2D eigenvalue weighted by Gasteiger charge is 2.38. The fraction of sp³-hybridized carbons (Fsp3) is 0.400. The lowest BCUT2D eigenvalue weighted by atomic mass is 9.81. The van der Waals surface area contributed by atoms with Crippen LogP contribution in [-0.2, 0) is 15.8 Å². The Labute approximate surface area is 124 Å². The zero-order valence-corrected chi connectivity index (χ0v) is 11.7. The van der Waals surface area contributed by atoms with Crippen LogP contribution in [0, 0.1) is 5.92 Å². The minimum atomic E-state index is -4.58. The maximum Gasteiger partial charge on any atom is 0.416 e. The summed E-state index contributed by atoms with van der Waals surface area (Å²) in [4.78, 5) is 35.9. The van der Waals surface area contributed by atoms with Crippen molar-refractivity contribution in [3.63, 3.8) is 0 Å². The number of carbonyl (C=O) groups excluding carboxylic acids is 3. The van der Waals surface area contributed by atoms with Crippen LogP contribution in [0.25, 0.3) is 0 Å². The lowest BCUT2D eigenvalue weighted by Gasteiger charge is -2.19. The van der Waals surface area contributed by atoms with E-state index in [4.69, 9.17) is 4.74 Å². The van der Waals surface area contributed by atoms with Crippen molar-refractivity contribution in [3.8, 4) is 5.75 Å². The Morgan fingerprint density at radius 1 is 1.18 bits per heavy atom. The molecule has 0 amide bonds. The van der Waals surface area contributed by atoms with Gasteiger partial charge in [0.05, 0.1) is 18.2 Å². The van der Waals surface area contributed by atoms with Crippen LogP contribution in [0.15, 0.2) is 18.2 Å². The third-order valence-electron chi connectivity index (χ3n) is 3.55. The van der Waals surface area contributed by atoms with Gasteiger partial charge in [0.15, 0.2) is 17.3 Å². The van der Waals surface area contributed by atoms with Gasteiger partial charge in [-0.05, 0) is 24.6 Å². The maximum absolute atomic E-state index is 12.7. The van der Waals surface area contributed by atoms with Crippen LogP contribution < -0.4 is 4.74 Å². The summed E-state index contributed by atoms with van der Waals surface area (Å²) in [6, 6.07) is 2.36. The number of halogens is 3. The number of hydrogen-bond donors (Lipinski definition) is 0. The van der Waals surface area contributed by atoms with Crippen LogP contribution in [-0.4, -0.2) is 24.5 Å². The minimum absolute atomic E-state index is 0.116. The van der Waals surface area contributed by atoms with Gasteiger partial charge in [0.2, 0.25) is 0 Å². The van der Waals surface area contributed by atoms with Gasteiger partial charge in [0, 0.05) is 12.8 Å². The first-order valence-electron chi connectivity index (χ1n) is 6.60. The number of ether oxygens (including phenoxy) is 1. The summed E-state index contributed by atoms with van der Waals surface area (Å²) in [6.07, 6.45) is -3.95. The second-order valence-electron chi connectivity index (χ2n) is 5.00.